The molecule has 1 unspecified atom stereocenters. The highest BCUT2D eigenvalue weighted by atomic mass is 32.1. The molecule has 0 amide bonds. The lowest BCUT2D eigenvalue weighted by Crippen LogP contribution is -2.38. The normalized spacial score (nSPS) is 13.9. The third-order valence-electron chi connectivity index (χ3n) is 3.94. The predicted octanol–water partition coefficient (Wildman–Crippen LogP) is 2.08. The van der Waals surface area contributed by atoms with Gasteiger partial charge in [-0.1, -0.05) is 13.8 Å². The van der Waals surface area contributed by atoms with Crippen molar-refractivity contribution < 1.29 is 24.5 Å². The van der Waals surface area contributed by atoms with Crippen LogP contribution in [0.25, 0.3) is 0 Å². The number of hydrogen-bond donors (Lipinski definition) is 2. The molecule has 5 nitrogen and oxygen atoms in total. The SMILES string of the molecule is COC(=O)CC(=O)CC(O)(CCc1sccc1CO)C(C)C. The molecule has 0 aliphatic rings. The van der Waals surface area contributed by atoms with Crippen LogP contribution in [0, 0.1) is 5.92 Å². The molecular weight excluding hydrogens is 304 g/mol. The van der Waals surface area contributed by atoms with Crippen LogP contribution < -0.4 is 0 Å². The van der Waals surface area contributed by atoms with Gasteiger partial charge in [-0.2, -0.15) is 0 Å². The summed E-state index contributed by atoms with van der Waals surface area (Å²) in [7, 11) is 1.23. The highest BCUT2D eigenvalue weighted by Gasteiger charge is 2.34. The van der Waals surface area contributed by atoms with Gasteiger partial charge in [0.1, 0.15) is 12.2 Å². The maximum Gasteiger partial charge on any atom is 0.313 e. The molecule has 1 heterocycles. The fourth-order valence-electron chi connectivity index (χ4n) is 2.28. The van der Waals surface area contributed by atoms with Crippen molar-refractivity contribution in [2.24, 2.45) is 5.92 Å². The van der Waals surface area contributed by atoms with Crippen LogP contribution in [-0.4, -0.2) is 34.7 Å². The number of Topliss-reactive ketones (excluding diaryl/α,β-unsaturated/α-hetero) is 1. The van der Waals surface area contributed by atoms with Gasteiger partial charge in [0.25, 0.3) is 0 Å². The minimum absolute atomic E-state index is 0.0276. The zero-order valence-corrected chi connectivity index (χ0v) is 14.1. The fraction of sp³-hybridized carbons (Fsp3) is 0.625. The molecule has 0 saturated heterocycles. The summed E-state index contributed by atoms with van der Waals surface area (Å²) in [5.41, 5.74) is -0.307. The first kappa shape index (κ1) is 18.8. The molecule has 1 aromatic rings. The second-order valence-corrected chi connectivity index (χ2v) is 6.75. The van der Waals surface area contributed by atoms with Gasteiger partial charge in [-0.3, -0.25) is 9.59 Å². The Kier molecular flexibility index (Phi) is 7.19. The first-order valence-corrected chi connectivity index (χ1v) is 8.17. The van der Waals surface area contributed by atoms with Gasteiger partial charge in [0.15, 0.2) is 0 Å². The lowest BCUT2D eigenvalue weighted by molar-refractivity contribution is -0.144. The quantitative estimate of drug-likeness (QED) is 0.535. The Bertz CT molecular complexity index is 508. The lowest BCUT2D eigenvalue weighted by Gasteiger charge is -2.31. The minimum Gasteiger partial charge on any atom is -0.469 e. The number of carbonyl (C=O) groups is 2. The molecule has 1 rings (SSSR count). The van der Waals surface area contributed by atoms with E-state index in [0.717, 1.165) is 10.4 Å². The second-order valence-electron chi connectivity index (χ2n) is 5.75. The molecule has 0 aromatic carbocycles. The smallest absolute Gasteiger partial charge is 0.313 e. The Balaban J connectivity index is 2.70. The highest BCUT2D eigenvalue weighted by molar-refractivity contribution is 7.10. The summed E-state index contributed by atoms with van der Waals surface area (Å²) in [4.78, 5) is 24.1. The van der Waals surface area contributed by atoms with E-state index in [0.29, 0.717) is 12.8 Å². The van der Waals surface area contributed by atoms with Gasteiger partial charge < -0.3 is 14.9 Å². The van der Waals surface area contributed by atoms with Crippen LogP contribution in [-0.2, 0) is 27.4 Å². The first-order valence-electron chi connectivity index (χ1n) is 7.29. The molecule has 124 valence electrons. The summed E-state index contributed by atoms with van der Waals surface area (Å²) >= 11 is 1.53. The Morgan fingerprint density at radius 1 is 1.41 bits per heavy atom. The highest BCUT2D eigenvalue weighted by Crippen LogP contribution is 2.30. The maximum atomic E-state index is 11.9. The Labute approximate surface area is 134 Å². The van der Waals surface area contributed by atoms with Crippen molar-refractivity contribution in [1.29, 1.82) is 0 Å². The van der Waals surface area contributed by atoms with Crippen LogP contribution in [0.15, 0.2) is 11.4 Å². The zero-order valence-electron chi connectivity index (χ0n) is 13.3. The molecule has 0 bridgehead atoms. The fourth-order valence-corrected chi connectivity index (χ4v) is 3.18. The van der Waals surface area contributed by atoms with E-state index in [2.05, 4.69) is 4.74 Å². The van der Waals surface area contributed by atoms with Crippen molar-refractivity contribution in [3.8, 4) is 0 Å². The van der Waals surface area contributed by atoms with Crippen LogP contribution in [0.5, 0.6) is 0 Å². The molecular formula is C16H24O5S. The van der Waals surface area contributed by atoms with Crippen LogP contribution in [0.1, 0.15) is 43.6 Å². The monoisotopic (exact) mass is 328 g/mol. The molecule has 1 aromatic heterocycles. The van der Waals surface area contributed by atoms with E-state index >= 15 is 0 Å². The van der Waals surface area contributed by atoms with Crippen molar-refractivity contribution in [2.75, 3.05) is 7.11 Å². The number of methoxy groups -OCH3 is 1. The average molecular weight is 328 g/mol. The van der Waals surface area contributed by atoms with Gasteiger partial charge in [0, 0.05) is 11.3 Å². The summed E-state index contributed by atoms with van der Waals surface area (Å²) in [6.07, 6.45) is 0.616. The van der Waals surface area contributed by atoms with E-state index in [-0.39, 0.29) is 31.1 Å². The van der Waals surface area contributed by atoms with E-state index in [1.165, 1.54) is 18.4 Å². The Morgan fingerprint density at radius 3 is 2.64 bits per heavy atom. The summed E-state index contributed by atoms with van der Waals surface area (Å²) in [6, 6.07) is 1.86. The summed E-state index contributed by atoms with van der Waals surface area (Å²) in [6.45, 7) is 3.68. The van der Waals surface area contributed by atoms with Gasteiger partial charge in [-0.15, -0.1) is 11.3 Å². The van der Waals surface area contributed by atoms with Crippen LogP contribution >= 0.6 is 11.3 Å². The number of rotatable bonds is 9. The standard InChI is InChI=1S/C16H24O5S/c1-11(2)16(20,9-13(18)8-15(19)21-3)6-4-14-12(10-17)5-7-22-14/h5,7,11,17,20H,4,6,8-10H2,1-3H3. The number of carbonyl (C=O) groups excluding carboxylic acids is 2. The van der Waals surface area contributed by atoms with E-state index in [4.69, 9.17) is 0 Å². The molecule has 0 aliphatic heterocycles. The zero-order chi connectivity index (χ0) is 16.8. The summed E-state index contributed by atoms with van der Waals surface area (Å²) < 4.78 is 4.48. The van der Waals surface area contributed by atoms with Crippen molar-refractivity contribution in [2.45, 2.75) is 51.7 Å². The molecule has 0 radical (unpaired) electrons. The van der Waals surface area contributed by atoms with Gasteiger partial charge in [0.05, 0.1) is 19.3 Å². The number of hydrogen-bond acceptors (Lipinski definition) is 6. The number of thiophene rings is 1. The van der Waals surface area contributed by atoms with Crippen molar-refractivity contribution in [1.82, 2.24) is 0 Å². The van der Waals surface area contributed by atoms with Crippen molar-refractivity contribution in [3.63, 3.8) is 0 Å². The number of aryl methyl sites for hydroxylation is 1. The van der Waals surface area contributed by atoms with Crippen LogP contribution in [0.3, 0.4) is 0 Å². The molecule has 6 heteroatoms. The number of ketones is 1. The van der Waals surface area contributed by atoms with E-state index < -0.39 is 11.6 Å². The van der Waals surface area contributed by atoms with Gasteiger partial charge >= 0.3 is 5.97 Å². The number of aliphatic hydroxyl groups excluding tert-OH is 1. The Hall–Kier alpha value is -1.24. The van der Waals surface area contributed by atoms with Crippen LogP contribution in [0.4, 0.5) is 0 Å². The minimum atomic E-state index is -1.16. The third-order valence-corrected chi connectivity index (χ3v) is 4.96. The average Bonchev–Trinajstić information content (AvgIpc) is 2.92. The van der Waals surface area contributed by atoms with Gasteiger partial charge in [0.2, 0.25) is 0 Å². The number of aliphatic hydroxyl groups is 2. The summed E-state index contributed by atoms with van der Waals surface area (Å²) in [5, 5.41) is 21.9. The third kappa shape index (κ3) is 5.19. The van der Waals surface area contributed by atoms with E-state index in [1.54, 1.807) is 0 Å². The molecule has 22 heavy (non-hydrogen) atoms. The van der Waals surface area contributed by atoms with Gasteiger partial charge in [-0.05, 0) is 35.8 Å². The first-order chi connectivity index (χ1) is 10.3. The number of ether oxygens (including phenoxy) is 1. The van der Waals surface area contributed by atoms with Crippen molar-refractivity contribution >= 4 is 23.1 Å². The molecule has 0 aliphatic carbocycles. The van der Waals surface area contributed by atoms with E-state index in [1.807, 2.05) is 25.3 Å². The largest absolute Gasteiger partial charge is 0.469 e. The van der Waals surface area contributed by atoms with E-state index in [9.17, 15) is 19.8 Å². The molecule has 0 spiro atoms. The molecule has 0 fully saturated rings. The van der Waals surface area contributed by atoms with Crippen LogP contribution in [0.2, 0.25) is 0 Å². The molecule has 1 atom stereocenters. The van der Waals surface area contributed by atoms with Crippen molar-refractivity contribution in [3.05, 3.63) is 21.9 Å². The Morgan fingerprint density at radius 2 is 2.09 bits per heavy atom. The second kappa shape index (κ2) is 8.41. The maximum absolute atomic E-state index is 11.9. The predicted molar refractivity (Wildman–Crippen MR) is 84.6 cm³/mol. The molecule has 2 N–H and O–H groups in total. The lowest BCUT2D eigenvalue weighted by atomic mass is 9.81. The molecule has 0 saturated carbocycles. The van der Waals surface area contributed by atoms with Gasteiger partial charge in [-0.25, -0.2) is 0 Å². The number of esters is 1. The topological polar surface area (TPSA) is 83.8 Å². The summed E-state index contributed by atoms with van der Waals surface area (Å²) in [5.74, 6) is -1.03.